The number of aromatic amines is 1. The van der Waals surface area contributed by atoms with E-state index in [2.05, 4.69) is 16.8 Å². The van der Waals surface area contributed by atoms with E-state index in [0.717, 1.165) is 21.4 Å². The van der Waals surface area contributed by atoms with Crippen LogP contribution in [0.3, 0.4) is 0 Å². The molecule has 1 aromatic carbocycles. The summed E-state index contributed by atoms with van der Waals surface area (Å²) in [5.74, 6) is 0.632. The zero-order valence-electron chi connectivity index (χ0n) is 22.6. The minimum Gasteiger partial charge on any atom is -0.443 e. The fourth-order valence-electron chi connectivity index (χ4n) is 4.19. The van der Waals surface area contributed by atoms with Crippen LogP contribution < -0.4 is 9.80 Å². The number of fused-ring (bicyclic) bond motifs is 1. The highest BCUT2D eigenvalue weighted by molar-refractivity contribution is 6.10. The second-order valence-electron chi connectivity index (χ2n) is 11.2. The van der Waals surface area contributed by atoms with Gasteiger partial charge in [0, 0.05) is 35.3 Å². The molecule has 1 N–H and O–H groups in total. The number of benzene rings is 1. The van der Waals surface area contributed by atoms with Crippen LogP contribution in [0.4, 0.5) is 21.1 Å². The topological polar surface area (TPSA) is 97.0 Å². The van der Waals surface area contributed by atoms with Gasteiger partial charge in [0.15, 0.2) is 0 Å². The lowest BCUT2D eigenvalue weighted by Crippen LogP contribution is -2.45. The Balaban J connectivity index is 1.90. The molecule has 9 nitrogen and oxygen atoms in total. The van der Waals surface area contributed by atoms with Crippen molar-refractivity contribution in [2.75, 3.05) is 29.6 Å². The Morgan fingerprint density at radius 3 is 2.35 bits per heavy atom. The molecule has 2 amide bonds. The summed E-state index contributed by atoms with van der Waals surface area (Å²) in [5, 5.41) is 0.981. The molecule has 1 saturated heterocycles. The zero-order chi connectivity index (χ0) is 27.0. The molecule has 0 radical (unpaired) electrons. The van der Waals surface area contributed by atoms with Crippen LogP contribution in [0.5, 0.6) is 0 Å². The second kappa shape index (κ2) is 10.0. The van der Waals surface area contributed by atoms with Gasteiger partial charge in [-0.3, -0.25) is 0 Å². The average molecular weight is 509 g/mol. The van der Waals surface area contributed by atoms with Crippen molar-refractivity contribution < 1.29 is 23.8 Å². The zero-order valence-corrected chi connectivity index (χ0v) is 22.6. The van der Waals surface area contributed by atoms with Crippen LogP contribution in [0.15, 0.2) is 42.6 Å². The van der Waals surface area contributed by atoms with E-state index < -0.39 is 23.4 Å². The Morgan fingerprint density at radius 1 is 1.05 bits per heavy atom. The van der Waals surface area contributed by atoms with Gasteiger partial charge >= 0.3 is 12.2 Å². The van der Waals surface area contributed by atoms with E-state index in [4.69, 9.17) is 19.2 Å². The molecule has 1 aliphatic rings. The lowest BCUT2D eigenvalue weighted by Gasteiger charge is -2.35. The molecule has 37 heavy (non-hydrogen) atoms. The highest BCUT2D eigenvalue weighted by Gasteiger charge is 2.34. The number of hydrogen-bond donors (Lipinski definition) is 1. The molecular formula is C28H36N4O5. The van der Waals surface area contributed by atoms with Crippen LogP contribution in [0.1, 0.15) is 48.5 Å². The molecular weight excluding hydrogens is 472 g/mol. The molecule has 4 rings (SSSR count). The molecule has 1 atom stereocenters. The normalized spacial score (nSPS) is 16.5. The smallest absolute Gasteiger partial charge is 0.424 e. The number of carbonyl (C=O) groups is 2. The van der Waals surface area contributed by atoms with E-state index in [1.54, 1.807) is 53.7 Å². The first-order valence-electron chi connectivity index (χ1n) is 12.5. The number of rotatable bonds is 3. The van der Waals surface area contributed by atoms with E-state index >= 15 is 0 Å². The molecule has 0 saturated carbocycles. The Labute approximate surface area is 217 Å². The summed E-state index contributed by atoms with van der Waals surface area (Å²) >= 11 is 0. The van der Waals surface area contributed by atoms with Crippen molar-refractivity contribution in [1.29, 1.82) is 0 Å². The third-order valence-electron chi connectivity index (χ3n) is 5.74. The fraction of sp³-hybridized carbons (Fsp3) is 0.464. The maximum absolute atomic E-state index is 13.4. The maximum Gasteiger partial charge on any atom is 0.424 e. The maximum atomic E-state index is 13.4. The van der Waals surface area contributed by atoms with Gasteiger partial charge in [-0.25, -0.2) is 14.6 Å². The van der Waals surface area contributed by atoms with Crippen LogP contribution in [-0.4, -0.2) is 59.2 Å². The minimum absolute atomic E-state index is 0.0592. The number of nitrogens with one attached hydrogen (secondary N) is 1. The molecule has 0 bridgehead atoms. The van der Waals surface area contributed by atoms with Gasteiger partial charge < -0.3 is 24.1 Å². The highest BCUT2D eigenvalue weighted by atomic mass is 16.6. The van der Waals surface area contributed by atoms with E-state index in [9.17, 15) is 9.59 Å². The Hall–Kier alpha value is -3.59. The number of ether oxygens (including phenoxy) is 3. The van der Waals surface area contributed by atoms with Gasteiger partial charge in [-0.05, 0) is 66.7 Å². The molecule has 198 valence electrons. The first kappa shape index (κ1) is 26.5. The Morgan fingerprint density at radius 2 is 1.73 bits per heavy atom. The lowest BCUT2D eigenvalue weighted by molar-refractivity contribution is 0.0430. The van der Waals surface area contributed by atoms with E-state index in [0.29, 0.717) is 37.0 Å². The summed E-state index contributed by atoms with van der Waals surface area (Å²) in [6, 6.07) is 11.4. The minimum atomic E-state index is -0.820. The number of hydrogen-bond acceptors (Lipinski definition) is 7. The van der Waals surface area contributed by atoms with Crippen molar-refractivity contribution in [3.63, 3.8) is 0 Å². The first-order valence-corrected chi connectivity index (χ1v) is 12.5. The number of imide groups is 1. The molecule has 1 aliphatic heterocycles. The van der Waals surface area contributed by atoms with Crippen LogP contribution in [0, 0.1) is 0 Å². The van der Waals surface area contributed by atoms with Crippen molar-refractivity contribution in [3.05, 3.63) is 42.6 Å². The van der Waals surface area contributed by atoms with Crippen LogP contribution in [-0.2, 0) is 14.2 Å². The second-order valence-corrected chi connectivity index (χ2v) is 11.2. The standard InChI is InChI=1S/C28H36N4O5/c1-18-17-35-14-13-31(18)24-16-19(15-23(30-24)20-9-8-10-22-21(20)11-12-29-22)32(25(33)36-27(2,3)4)26(34)37-28(5,6)7/h8-12,15-16,18,29H,13-14,17H2,1-7H3/t18-/m1/s1. The first-order chi connectivity index (χ1) is 17.3. The quantitative estimate of drug-likeness (QED) is 0.454. The number of H-pyrrole nitrogens is 1. The van der Waals surface area contributed by atoms with Gasteiger partial charge in [0.05, 0.1) is 30.6 Å². The van der Waals surface area contributed by atoms with E-state index in [1.807, 2.05) is 30.5 Å². The number of morpholine rings is 1. The van der Waals surface area contributed by atoms with Gasteiger partial charge in [0.25, 0.3) is 0 Å². The molecule has 1 fully saturated rings. The fourth-order valence-corrected chi connectivity index (χ4v) is 4.19. The summed E-state index contributed by atoms with van der Waals surface area (Å²) in [6.07, 6.45) is 0.232. The summed E-state index contributed by atoms with van der Waals surface area (Å²) < 4.78 is 16.9. The van der Waals surface area contributed by atoms with Crippen molar-refractivity contribution >= 4 is 34.6 Å². The summed E-state index contributed by atoms with van der Waals surface area (Å²) in [6.45, 7) is 14.3. The molecule has 2 aromatic heterocycles. The molecule has 0 unspecified atom stereocenters. The highest BCUT2D eigenvalue weighted by Crippen LogP contribution is 2.34. The van der Waals surface area contributed by atoms with Gasteiger partial charge in [-0.1, -0.05) is 12.1 Å². The van der Waals surface area contributed by atoms with E-state index in [1.165, 1.54) is 0 Å². The van der Waals surface area contributed by atoms with Crippen LogP contribution in [0.25, 0.3) is 22.2 Å². The Kier molecular flexibility index (Phi) is 7.19. The predicted molar refractivity (Wildman–Crippen MR) is 144 cm³/mol. The largest absolute Gasteiger partial charge is 0.443 e. The molecule has 9 heteroatoms. The van der Waals surface area contributed by atoms with Crippen LogP contribution >= 0.6 is 0 Å². The van der Waals surface area contributed by atoms with Crippen LogP contribution in [0.2, 0.25) is 0 Å². The van der Waals surface area contributed by atoms with Gasteiger partial charge in [-0.2, -0.15) is 4.90 Å². The lowest BCUT2D eigenvalue weighted by atomic mass is 10.1. The third kappa shape index (κ3) is 6.22. The average Bonchev–Trinajstić information content (AvgIpc) is 3.26. The SMILES string of the molecule is C[C@@H]1COCCN1c1cc(N(C(=O)OC(C)(C)C)C(=O)OC(C)(C)C)cc(-c2cccc3[nH]ccc23)n1. The number of aromatic nitrogens is 2. The monoisotopic (exact) mass is 508 g/mol. The summed E-state index contributed by atoms with van der Waals surface area (Å²) in [7, 11) is 0. The number of carbonyl (C=O) groups excluding carboxylic acids is 2. The number of amides is 2. The molecule has 3 heterocycles. The van der Waals surface area contributed by atoms with Crippen molar-refractivity contribution in [1.82, 2.24) is 9.97 Å². The number of pyridine rings is 1. The van der Waals surface area contributed by atoms with Crippen molar-refractivity contribution in [2.45, 2.75) is 65.7 Å². The summed E-state index contributed by atoms with van der Waals surface area (Å²) in [5.41, 5.74) is 1.14. The van der Waals surface area contributed by atoms with Gasteiger partial charge in [-0.15, -0.1) is 0 Å². The Bertz CT molecular complexity index is 1260. The van der Waals surface area contributed by atoms with Gasteiger partial charge in [0.2, 0.25) is 0 Å². The summed E-state index contributed by atoms with van der Waals surface area (Å²) in [4.78, 5) is 38.1. The van der Waals surface area contributed by atoms with E-state index in [-0.39, 0.29) is 6.04 Å². The van der Waals surface area contributed by atoms with Crippen molar-refractivity contribution in [3.8, 4) is 11.3 Å². The molecule has 3 aromatic rings. The third-order valence-corrected chi connectivity index (χ3v) is 5.74. The number of nitrogens with zero attached hydrogens (tertiary/aromatic N) is 3. The molecule has 0 spiro atoms. The predicted octanol–water partition coefficient (Wildman–Crippen LogP) is 6.13. The molecule has 0 aliphatic carbocycles. The number of anilines is 2. The van der Waals surface area contributed by atoms with Gasteiger partial charge in [0.1, 0.15) is 17.0 Å². The van der Waals surface area contributed by atoms with Crippen molar-refractivity contribution in [2.24, 2.45) is 0 Å².